The SMILES string of the molecule is COc1cc(/C=C2\SC(=O)N(CC(=O)Nc3ccc4c(c3)OCO4)C2=O)ccc1OCC(=O)Nc1cccc([N+](=O)[O-])c1. The summed E-state index contributed by atoms with van der Waals surface area (Å²) >= 11 is 0.692. The van der Waals surface area contributed by atoms with Crippen molar-refractivity contribution < 1.29 is 43.0 Å². The highest BCUT2D eigenvalue weighted by molar-refractivity contribution is 8.18. The summed E-state index contributed by atoms with van der Waals surface area (Å²) in [7, 11) is 1.39. The van der Waals surface area contributed by atoms with Crippen molar-refractivity contribution in [3.63, 3.8) is 0 Å². The minimum atomic E-state index is -0.632. The van der Waals surface area contributed by atoms with Gasteiger partial charge in [-0.25, -0.2) is 0 Å². The molecule has 15 heteroatoms. The van der Waals surface area contributed by atoms with Gasteiger partial charge in [0.25, 0.3) is 22.7 Å². The number of fused-ring (bicyclic) bond motifs is 1. The zero-order chi connectivity index (χ0) is 30.5. The molecular weight excluding hydrogens is 584 g/mol. The lowest BCUT2D eigenvalue weighted by Crippen LogP contribution is -2.36. The van der Waals surface area contributed by atoms with Gasteiger partial charge in [-0.3, -0.25) is 34.2 Å². The zero-order valence-corrected chi connectivity index (χ0v) is 23.2. The largest absolute Gasteiger partial charge is 0.493 e. The molecule has 2 N–H and O–H groups in total. The molecule has 0 spiro atoms. The summed E-state index contributed by atoms with van der Waals surface area (Å²) in [6.45, 7) is -0.810. The Hall–Kier alpha value is -5.57. The van der Waals surface area contributed by atoms with Crippen LogP contribution in [0, 0.1) is 10.1 Å². The molecule has 0 bridgehead atoms. The molecule has 0 radical (unpaired) electrons. The number of thioether (sulfide) groups is 1. The van der Waals surface area contributed by atoms with E-state index in [1.165, 1.54) is 43.5 Å². The third-order valence-corrected chi connectivity index (χ3v) is 6.92. The topological polar surface area (TPSA) is 176 Å². The molecule has 43 heavy (non-hydrogen) atoms. The fourth-order valence-corrected chi connectivity index (χ4v) is 4.88. The van der Waals surface area contributed by atoms with E-state index >= 15 is 0 Å². The number of nitrogens with zero attached hydrogens (tertiary/aromatic N) is 2. The Balaban J connectivity index is 1.19. The molecule has 0 unspecified atom stereocenters. The van der Waals surface area contributed by atoms with Crippen LogP contribution >= 0.6 is 11.8 Å². The van der Waals surface area contributed by atoms with Crippen molar-refractivity contribution in [1.29, 1.82) is 0 Å². The number of nitro benzene ring substituents is 1. The average molecular weight is 607 g/mol. The van der Waals surface area contributed by atoms with Crippen LogP contribution in [0.2, 0.25) is 0 Å². The van der Waals surface area contributed by atoms with Crippen LogP contribution in [0.5, 0.6) is 23.0 Å². The van der Waals surface area contributed by atoms with Gasteiger partial charge in [0.2, 0.25) is 12.7 Å². The third kappa shape index (κ3) is 6.84. The number of benzene rings is 3. The molecule has 2 aliphatic heterocycles. The van der Waals surface area contributed by atoms with Crippen molar-refractivity contribution >= 4 is 57.9 Å². The second-order valence-electron chi connectivity index (χ2n) is 8.94. The fourth-order valence-electron chi connectivity index (χ4n) is 4.04. The Bertz CT molecular complexity index is 1670. The number of methoxy groups -OCH3 is 1. The molecule has 1 saturated heterocycles. The van der Waals surface area contributed by atoms with E-state index in [2.05, 4.69) is 10.6 Å². The monoisotopic (exact) mass is 606 g/mol. The van der Waals surface area contributed by atoms with E-state index in [-0.39, 0.29) is 34.6 Å². The maximum Gasteiger partial charge on any atom is 0.294 e. The van der Waals surface area contributed by atoms with Gasteiger partial charge in [0.1, 0.15) is 6.54 Å². The highest BCUT2D eigenvalue weighted by Crippen LogP contribution is 2.36. The standard InChI is InChI=1S/C28H22N4O10S/c1-39-22-9-16(5-7-20(22)40-14-26(34)30-17-3-2-4-19(11-17)32(37)38)10-24-27(35)31(28(36)43-24)13-25(33)29-18-6-8-21-23(12-18)42-15-41-21/h2-12H,13-15H2,1H3,(H,29,33)(H,30,34)/b24-10-. The lowest BCUT2D eigenvalue weighted by atomic mass is 10.2. The first-order valence-corrected chi connectivity index (χ1v) is 13.3. The summed E-state index contributed by atoms with van der Waals surface area (Å²) in [6, 6.07) is 15.0. The third-order valence-electron chi connectivity index (χ3n) is 6.02. The first kappa shape index (κ1) is 28.9. The van der Waals surface area contributed by atoms with E-state index in [4.69, 9.17) is 18.9 Å². The number of nitro groups is 1. The summed E-state index contributed by atoms with van der Waals surface area (Å²) in [5.41, 5.74) is 0.996. The smallest absolute Gasteiger partial charge is 0.294 e. The van der Waals surface area contributed by atoms with Gasteiger partial charge in [0.15, 0.2) is 29.6 Å². The molecule has 1 fully saturated rings. The molecule has 3 aromatic carbocycles. The number of hydrogen-bond acceptors (Lipinski definition) is 11. The normalized spacial score (nSPS) is 14.5. The molecule has 0 aromatic heterocycles. The predicted octanol–water partition coefficient (Wildman–Crippen LogP) is 4.02. The van der Waals surface area contributed by atoms with Gasteiger partial charge in [-0.1, -0.05) is 12.1 Å². The van der Waals surface area contributed by atoms with Gasteiger partial charge in [0.05, 0.1) is 16.9 Å². The van der Waals surface area contributed by atoms with Gasteiger partial charge in [0, 0.05) is 29.6 Å². The van der Waals surface area contributed by atoms with Gasteiger partial charge in [-0.05, 0) is 53.7 Å². The van der Waals surface area contributed by atoms with Crippen LogP contribution in [-0.2, 0) is 14.4 Å². The molecule has 4 amide bonds. The highest BCUT2D eigenvalue weighted by atomic mass is 32.2. The van der Waals surface area contributed by atoms with Crippen LogP contribution in [0.3, 0.4) is 0 Å². The van der Waals surface area contributed by atoms with Gasteiger partial charge in [-0.2, -0.15) is 0 Å². The van der Waals surface area contributed by atoms with E-state index in [1.54, 1.807) is 30.3 Å². The molecule has 2 aliphatic rings. The van der Waals surface area contributed by atoms with Crippen LogP contribution in [-0.4, -0.2) is 59.8 Å². The second-order valence-corrected chi connectivity index (χ2v) is 9.93. The van der Waals surface area contributed by atoms with E-state index in [9.17, 15) is 29.3 Å². The minimum Gasteiger partial charge on any atom is -0.493 e. The van der Waals surface area contributed by atoms with Crippen molar-refractivity contribution in [3.8, 4) is 23.0 Å². The Labute approximate surface area is 247 Å². The Morgan fingerprint density at radius 2 is 1.77 bits per heavy atom. The van der Waals surface area contributed by atoms with E-state index in [0.717, 1.165) is 4.90 Å². The molecular formula is C28H22N4O10S. The lowest BCUT2D eigenvalue weighted by molar-refractivity contribution is -0.384. The maximum absolute atomic E-state index is 12.9. The van der Waals surface area contributed by atoms with Crippen molar-refractivity contribution in [2.45, 2.75) is 0 Å². The van der Waals surface area contributed by atoms with Crippen LogP contribution in [0.15, 0.2) is 65.6 Å². The van der Waals surface area contributed by atoms with Crippen LogP contribution in [0.4, 0.5) is 21.9 Å². The zero-order valence-electron chi connectivity index (χ0n) is 22.4. The van der Waals surface area contributed by atoms with Gasteiger partial charge < -0.3 is 29.6 Å². The molecule has 0 saturated carbocycles. The van der Waals surface area contributed by atoms with Crippen molar-refractivity contribution in [3.05, 3.63) is 81.2 Å². The number of anilines is 2. The fraction of sp³-hybridized carbons (Fsp3) is 0.143. The molecule has 3 aromatic rings. The Morgan fingerprint density at radius 3 is 2.56 bits per heavy atom. The molecule has 5 rings (SSSR count). The number of rotatable bonds is 10. The number of carbonyl (C=O) groups is 4. The van der Waals surface area contributed by atoms with Crippen LogP contribution in [0.25, 0.3) is 6.08 Å². The van der Waals surface area contributed by atoms with Crippen molar-refractivity contribution in [2.24, 2.45) is 0 Å². The minimum absolute atomic E-state index is 0.0827. The lowest BCUT2D eigenvalue weighted by Gasteiger charge is -2.13. The van der Waals surface area contributed by atoms with Gasteiger partial charge >= 0.3 is 0 Å². The second kappa shape index (κ2) is 12.5. The number of nitrogens with one attached hydrogen (secondary N) is 2. The number of imide groups is 1. The number of amides is 4. The summed E-state index contributed by atoms with van der Waals surface area (Å²) < 4.78 is 21.4. The molecule has 0 atom stereocenters. The summed E-state index contributed by atoms with van der Waals surface area (Å²) in [6.07, 6.45) is 1.47. The van der Waals surface area contributed by atoms with E-state index in [0.29, 0.717) is 34.5 Å². The summed E-state index contributed by atoms with van der Waals surface area (Å²) in [4.78, 5) is 61.6. The molecule has 14 nitrogen and oxygen atoms in total. The van der Waals surface area contributed by atoms with Crippen LogP contribution in [0.1, 0.15) is 5.56 Å². The number of ether oxygens (including phenoxy) is 4. The average Bonchev–Trinajstić information content (AvgIpc) is 3.56. The van der Waals surface area contributed by atoms with Crippen molar-refractivity contribution in [2.75, 3.05) is 37.7 Å². The quantitative estimate of drug-likeness (QED) is 0.194. The summed E-state index contributed by atoms with van der Waals surface area (Å²) in [5.74, 6) is -0.256. The van der Waals surface area contributed by atoms with Crippen molar-refractivity contribution in [1.82, 2.24) is 4.90 Å². The Kier molecular flexibility index (Phi) is 8.43. The highest BCUT2D eigenvalue weighted by Gasteiger charge is 2.36. The number of hydrogen-bond donors (Lipinski definition) is 2. The van der Waals surface area contributed by atoms with E-state index in [1.807, 2.05) is 0 Å². The number of carbonyl (C=O) groups excluding carboxylic acids is 4. The maximum atomic E-state index is 12.9. The Morgan fingerprint density at radius 1 is 1.00 bits per heavy atom. The van der Waals surface area contributed by atoms with Crippen LogP contribution < -0.4 is 29.6 Å². The predicted molar refractivity (Wildman–Crippen MR) is 154 cm³/mol. The van der Waals surface area contributed by atoms with Gasteiger partial charge in [-0.15, -0.1) is 0 Å². The molecule has 220 valence electrons. The first-order chi connectivity index (χ1) is 20.7. The molecule has 2 heterocycles. The number of non-ortho nitro benzene ring substituents is 1. The first-order valence-electron chi connectivity index (χ1n) is 12.5. The molecule has 0 aliphatic carbocycles. The summed E-state index contributed by atoms with van der Waals surface area (Å²) in [5, 5.41) is 15.5. The van der Waals surface area contributed by atoms with E-state index < -0.39 is 41.0 Å².